The molecule has 0 bridgehead atoms. The van der Waals surface area contributed by atoms with Crippen molar-refractivity contribution >= 4 is 11.6 Å². The second-order valence-corrected chi connectivity index (χ2v) is 6.04. The summed E-state index contributed by atoms with van der Waals surface area (Å²) in [5.74, 6) is 0.775. The minimum atomic E-state index is -0.434. The predicted molar refractivity (Wildman–Crippen MR) is 79.0 cm³/mol. The highest BCUT2D eigenvalue weighted by Crippen LogP contribution is 2.41. The van der Waals surface area contributed by atoms with Gasteiger partial charge in [-0.2, -0.15) is 0 Å². The van der Waals surface area contributed by atoms with Crippen LogP contribution in [-0.4, -0.2) is 30.1 Å². The molecule has 3 heteroatoms. The van der Waals surface area contributed by atoms with Crippen LogP contribution in [0.4, 0.5) is 5.69 Å². The Balaban J connectivity index is 2.55. The summed E-state index contributed by atoms with van der Waals surface area (Å²) in [7, 11) is 1.89. The van der Waals surface area contributed by atoms with Gasteiger partial charge >= 0.3 is 0 Å². The number of nitrogens with zero attached hydrogens (tertiary/aromatic N) is 2. The highest BCUT2D eigenvalue weighted by Gasteiger charge is 2.55. The number of para-hydroxylation sites is 1. The van der Waals surface area contributed by atoms with Crippen LogP contribution >= 0.6 is 0 Å². The molecule has 19 heavy (non-hydrogen) atoms. The molecule has 2 rings (SSSR count). The average molecular weight is 260 g/mol. The van der Waals surface area contributed by atoms with Gasteiger partial charge in [-0.15, -0.1) is 0 Å². The van der Waals surface area contributed by atoms with Crippen molar-refractivity contribution in [2.75, 3.05) is 18.6 Å². The molecule has 0 aliphatic carbocycles. The molecule has 1 fully saturated rings. The summed E-state index contributed by atoms with van der Waals surface area (Å²) in [4.78, 5) is 16.9. The summed E-state index contributed by atoms with van der Waals surface area (Å²) >= 11 is 0. The molecule has 0 atom stereocenters. The van der Waals surface area contributed by atoms with Crippen LogP contribution in [-0.2, 0) is 4.79 Å². The SMILES string of the molecule is CC(C)C1(C(C)C)C(=O)N(C)CN1c1ccccc1. The minimum absolute atomic E-state index is 0.237. The summed E-state index contributed by atoms with van der Waals surface area (Å²) in [5, 5.41) is 0. The zero-order valence-electron chi connectivity index (χ0n) is 12.6. The third kappa shape index (κ3) is 1.92. The van der Waals surface area contributed by atoms with Gasteiger partial charge in [0.05, 0.1) is 6.67 Å². The maximum Gasteiger partial charge on any atom is 0.250 e. The number of carbonyl (C=O) groups is 1. The van der Waals surface area contributed by atoms with Crippen LogP contribution in [0.15, 0.2) is 30.3 Å². The van der Waals surface area contributed by atoms with Gasteiger partial charge in [-0.05, 0) is 24.0 Å². The maximum atomic E-state index is 12.8. The molecule has 1 aliphatic rings. The van der Waals surface area contributed by atoms with Crippen LogP contribution in [0.2, 0.25) is 0 Å². The van der Waals surface area contributed by atoms with Gasteiger partial charge in [-0.25, -0.2) is 0 Å². The van der Waals surface area contributed by atoms with E-state index in [0.29, 0.717) is 6.67 Å². The summed E-state index contributed by atoms with van der Waals surface area (Å²) in [6, 6.07) is 10.3. The molecule has 1 aromatic rings. The molecule has 1 heterocycles. The molecule has 1 amide bonds. The molecule has 1 aliphatic heterocycles. The number of hydrogen-bond donors (Lipinski definition) is 0. The summed E-state index contributed by atoms with van der Waals surface area (Å²) in [5.41, 5.74) is 0.693. The molecule has 1 saturated heterocycles. The fourth-order valence-corrected chi connectivity index (χ4v) is 3.50. The molecule has 0 unspecified atom stereocenters. The van der Waals surface area contributed by atoms with Crippen molar-refractivity contribution < 1.29 is 4.79 Å². The molecule has 0 N–H and O–H groups in total. The smallest absolute Gasteiger partial charge is 0.250 e. The van der Waals surface area contributed by atoms with E-state index < -0.39 is 5.54 Å². The van der Waals surface area contributed by atoms with Crippen molar-refractivity contribution in [1.29, 1.82) is 0 Å². The Morgan fingerprint density at radius 2 is 1.58 bits per heavy atom. The Morgan fingerprint density at radius 3 is 2.05 bits per heavy atom. The Kier molecular flexibility index (Phi) is 3.57. The van der Waals surface area contributed by atoms with Gasteiger partial charge in [0.2, 0.25) is 5.91 Å². The lowest BCUT2D eigenvalue weighted by Gasteiger charge is -2.43. The topological polar surface area (TPSA) is 23.6 Å². The highest BCUT2D eigenvalue weighted by molar-refractivity contribution is 5.93. The van der Waals surface area contributed by atoms with Crippen molar-refractivity contribution in [3.05, 3.63) is 30.3 Å². The van der Waals surface area contributed by atoms with Crippen molar-refractivity contribution in [3.63, 3.8) is 0 Å². The third-order valence-corrected chi connectivity index (χ3v) is 4.32. The number of benzene rings is 1. The fraction of sp³-hybridized carbons (Fsp3) is 0.562. The van der Waals surface area contributed by atoms with Crippen molar-refractivity contribution in [2.24, 2.45) is 11.8 Å². The van der Waals surface area contributed by atoms with E-state index in [1.165, 1.54) is 0 Å². The predicted octanol–water partition coefficient (Wildman–Crippen LogP) is 2.97. The molecule has 0 saturated carbocycles. The number of hydrogen-bond acceptors (Lipinski definition) is 2. The maximum absolute atomic E-state index is 12.8. The van der Waals surface area contributed by atoms with Gasteiger partial charge in [0.1, 0.15) is 5.54 Å². The molecule has 104 valence electrons. The largest absolute Gasteiger partial charge is 0.338 e. The van der Waals surface area contributed by atoms with Gasteiger partial charge in [-0.3, -0.25) is 4.79 Å². The average Bonchev–Trinajstić information content (AvgIpc) is 2.64. The Labute approximate surface area is 116 Å². The van der Waals surface area contributed by atoms with Crippen molar-refractivity contribution in [2.45, 2.75) is 33.2 Å². The molecule has 1 aromatic carbocycles. The lowest BCUT2D eigenvalue weighted by Crippen LogP contribution is -2.57. The van der Waals surface area contributed by atoms with Gasteiger partial charge in [0, 0.05) is 12.7 Å². The van der Waals surface area contributed by atoms with Crippen LogP contribution in [0.3, 0.4) is 0 Å². The van der Waals surface area contributed by atoms with E-state index >= 15 is 0 Å². The Hall–Kier alpha value is -1.51. The summed E-state index contributed by atoms with van der Waals surface area (Å²) < 4.78 is 0. The van der Waals surface area contributed by atoms with Crippen LogP contribution in [0.25, 0.3) is 0 Å². The standard InChI is InChI=1S/C16H24N2O/c1-12(2)16(13(3)4)15(19)17(5)11-18(16)14-9-7-6-8-10-14/h6-10,12-13H,11H2,1-5H3. The minimum Gasteiger partial charge on any atom is -0.338 e. The number of amides is 1. The van der Waals surface area contributed by atoms with Crippen molar-refractivity contribution in [1.82, 2.24) is 4.90 Å². The van der Waals surface area contributed by atoms with E-state index in [2.05, 4.69) is 44.7 Å². The third-order valence-electron chi connectivity index (χ3n) is 4.32. The first kappa shape index (κ1) is 13.9. The first-order valence-corrected chi connectivity index (χ1v) is 7.00. The first-order chi connectivity index (χ1) is 8.92. The fourth-order valence-electron chi connectivity index (χ4n) is 3.50. The molecule has 0 spiro atoms. The number of anilines is 1. The van der Waals surface area contributed by atoms with Crippen molar-refractivity contribution in [3.8, 4) is 0 Å². The second-order valence-electron chi connectivity index (χ2n) is 6.04. The molecular formula is C16H24N2O. The van der Waals surface area contributed by atoms with Crippen LogP contribution < -0.4 is 4.90 Å². The summed E-state index contributed by atoms with van der Waals surface area (Å²) in [6.07, 6.45) is 0. The molecule has 0 radical (unpaired) electrons. The lowest BCUT2D eigenvalue weighted by atomic mass is 9.75. The van der Waals surface area contributed by atoms with E-state index in [0.717, 1.165) is 5.69 Å². The first-order valence-electron chi connectivity index (χ1n) is 7.00. The van der Waals surface area contributed by atoms with Crippen LogP contribution in [0.5, 0.6) is 0 Å². The molecular weight excluding hydrogens is 236 g/mol. The van der Waals surface area contributed by atoms with E-state index in [1.54, 1.807) is 0 Å². The zero-order chi connectivity index (χ0) is 14.2. The van der Waals surface area contributed by atoms with E-state index in [9.17, 15) is 4.79 Å². The normalized spacial score (nSPS) is 18.8. The Morgan fingerprint density at radius 1 is 1.05 bits per heavy atom. The van der Waals surface area contributed by atoms with Crippen LogP contribution in [0, 0.1) is 11.8 Å². The lowest BCUT2D eigenvalue weighted by molar-refractivity contribution is -0.133. The monoisotopic (exact) mass is 260 g/mol. The van der Waals surface area contributed by atoms with E-state index in [1.807, 2.05) is 30.1 Å². The summed E-state index contributed by atoms with van der Waals surface area (Å²) in [6.45, 7) is 9.25. The quantitative estimate of drug-likeness (QED) is 0.834. The Bertz CT molecular complexity index is 445. The molecule has 3 nitrogen and oxygen atoms in total. The van der Waals surface area contributed by atoms with E-state index in [-0.39, 0.29) is 17.7 Å². The second kappa shape index (κ2) is 4.87. The van der Waals surface area contributed by atoms with Gasteiger partial charge < -0.3 is 9.80 Å². The van der Waals surface area contributed by atoms with Gasteiger partial charge in [0.15, 0.2) is 0 Å². The van der Waals surface area contributed by atoms with Gasteiger partial charge in [0.25, 0.3) is 0 Å². The number of likely N-dealkylation sites (N-methyl/N-ethyl adjacent to an activating group) is 1. The molecule has 0 aromatic heterocycles. The number of rotatable bonds is 3. The van der Waals surface area contributed by atoms with Crippen LogP contribution in [0.1, 0.15) is 27.7 Å². The van der Waals surface area contributed by atoms with Gasteiger partial charge in [-0.1, -0.05) is 45.9 Å². The zero-order valence-corrected chi connectivity index (χ0v) is 12.6. The van der Waals surface area contributed by atoms with E-state index in [4.69, 9.17) is 0 Å². The highest BCUT2D eigenvalue weighted by atomic mass is 16.2. The number of carbonyl (C=O) groups excluding carboxylic acids is 1.